The van der Waals surface area contributed by atoms with Crippen molar-refractivity contribution in [2.75, 3.05) is 24.5 Å². The van der Waals surface area contributed by atoms with Crippen LogP contribution in [0.5, 0.6) is 0 Å². The van der Waals surface area contributed by atoms with E-state index in [2.05, 4.69) is 46.5 Å². The molecule has 4 nitrogen and oxygen atoms in total. The van der Waals surface area contributed by atoms with E-state index in [0.29, 0.717) is 0 Å². The van der Waals surface area contributed by atoms with Crippen LogP contribution in [0.25, 0.3) is 0 Å². The van der Waals surface area contributed by atoms with Crippen LogP contribution < -0.4 is 4.90 Å². The predicted molar refractivity (Wildman–Crippen MR) is 107 cm³/mol. The Morgan fingerprint density at radius 2 is 2.00 bits per heavy atom. The van der Waals surface area contributed by atoms with Crippen LogP contribution in [-0.4, -0.2) is 35.4 Å². The Hall–Kier alpha value is -1.72. The van der Waals surface area contributed by atoms with Gasteiger partial charge in [-0.15, -0.1) is 11.3 Å². The number of para-hydroxylation sites is 1. The average Bonchev–Trinajstić information content (AvgIpc) is 3.18. The maximum Gasteiger partial charge on any atom is 0.229 e. The number of aromatic nitrogens is 1. The molecule has 1 aromatic heterocycles. The summed E-state index contributed by atoms with van der Waals surface area (Å²) in [6.07, 6.45) is 2.21. The van der Waals surface area contributed by atoms with Gasteiger partial charge in [-0.05, 0) is 44.5 Å². The van der Waals surface area contributed by atoms with Gasteiger partial charge in [-0.25, -0.2) is 4.98 Å². The van der Waals surface area contributed by atoms with Crippen LogP contribution in [0.2, 0.25) is 0 Å². The molecule has 1 aromatic carbocycles. The fraction of sp³-hybridized carbons (Fsp3) is 0.524. The van der Waals surface area contributed by atoms with Crippen molar-refractivity contribution in [1.82, 2.24) is 9.88 Å². The Balaban J connectivity index is 1.52. The highest BCUT2D eigenvalue weighted by molar-refractivity contribution is 7.09. The molecule has 2 aliphatic heterocycles. The molecule has 2 aliphatic rings. The summed E-state index contributed by atoms with van der Waals surface area (Å²) in [4.78, 5) is 21.9. The lowest BCUT2D eigenvalue weighted by Crippen LogP contribution is -2.46. The summed E-state index contributed by atoms with van der Waals surface area (Å²) < 4.78 is 0. The Bertz CT molecular complexity index is 805. The van der Waals surface area contributed by atoms with E-state index in [1.807, 2.05) is 18.7 Å². The normalized spacial score (nSPS) is 19.3. The number of hydrogen-bond acceptors (Lipinski definition) is 4. The summed E-state index contributed by atoms with van der Waals surface area (Å²) in [7, 11) is 0. The quantitative estimate of drug-likeness (QED) is 0.821. The second-order valence-corrected chi connectivity index (χ2v) is 9.07. The van der Waals surface area contributed by atoms with E-state index in [-0.39, 0.29) is 17.2 Å². The Morgan fingerprint density at radius 3 is 2.65 bits per heavy atom. The van der Waals surface area contributed by atoms with E-state index in [4.69, 9.17) is 0 Å². The number of piperidine rings is 1. The second-order valence-electron chi connectivity index (χ2n) is 8.01. The Kier molecular flexibility index (Phi) is 4.61. The third-order valence-corrected chi connectivity index (χ3v) is 6.67. The average molecular weight is 370 g/mol. The van der Waals surface area contributed by atoms with Crippen molar-refractivity contribution in [2.45, 2.75) is 45.6 Å². The van der Waals surface area contributed by atoms with Gasteiger partial charge in [0.1, 0.15) is 0 Å². The van der Waals surface area contributed by atoms with Gasteiger partial charge in [0.25, 0.3) is 0 Å². The number of carbonyl (C=O) groups is 1. The second kappa shape index (κ2) is 6.78. The largest absolute Gasteiger partial charge is 0.311 e. The number of thiazole rings is 1. The molecule has 3 heterocycles. The van der Waals surface area contributed by atoms with Crippen molar-refractivity contribution >= 4 is 22.9 Å². The summed E-state index contributed by atoms with van der Waals surface area (Å²) in [5.74, 6) is 0.279. The van der Waals surface area contributed by atoms with Crippen LogP contribution in [0.3, 0.4) is 0 Å². The van der Waals surface area contributed by atoms with E-state index < -0.39 is 0 Å². The van der Waals surface area contributed by atoms with Gasteiger partial charge in [-0.2, -0.15) is 0 Å². The molecule has 1 amide bonds. The van der Waals surface area contributed by atoms with Gasteiger partial charge in [0.15, 0.2) is 0 Å². The van der Waals surface area contributed by atoms with E-state index in [1.165, 1.54) is 11.3 Å². The first kappa shape index (κ1) is 17.7. The summed E-state index contributed by atoms with van der Waals surface area (Å²) in [6.45, 7) is 9.96. The number of amides is 1. The lowest BCUT2D eigenvalue weighted by atomic mass is 9.74. The molecule has 138 valence electrons. The molecular formula is C21H27N3OS. The fourth-order valence-corrected chi connectivity index (χ4v) is 5.02. The first-order valence-electron chi connectivity index (χ1n) is 9.53. The van der Waals surface area contributed by atoms with Crippen molar-refractivity contribution < 1.29 is 4.79 Å². The number of nitrogens with zero attached hydrogens (tertiary/aromatic N) is 3. The van der Waals surface area contributed by atoms with Gasteiger partial charge in [-0.1, -0.05) is 32.0 Å². The zero-order valence-corrected chi connectivity index (χ0v) is 16.7. The number of benzene rings is 1. The molecule has 26 heavy (non-hydrogen) atoms. The summed E-state index contributed by atoms with van der Waals surface area (Å²) >= 11 is 1.73. The smallest absolute Gasteiger partial charge is 0.229 e. The molecule has 0 atom stereocenters. The predicted octanol–water partition coefficient (Wildman–Crippen LogP) is 3.99. The van der Waals surface area contributed by atoms with Gasteiger partial charge in [-0.3, -0.25) is 9.69 Å². The van der Waals surface area contributed by atoms with Gasteiger partial charge in [0.2, 0.25) is 5.91 Å². The van der Waals surface area contributed by atoms with Crippen molar-refractivity contribution in [3.05, 3.63) is 45.9 Å². The minimum absolute atomic E-state index is 0.0335. The molecule has 5 heteroatoms. The molecule has 0 saturated carbocycles. The standard InChI is InChI=1S/C21H27N3OS/c1-15(2)20(25)24-14-21(18-6-4-5-7-19(18)24)8-10-23(11-9-21)12-17-13-26-16(3)22-17/h4-7,13,15H,8-12,14H2,1-3H3. The van der Waals surface area contributed by atoms with Crippen LogP contribution in [0.15, 0.2) is 29.6 Å². The summed E-state index contributed by atoms with van der Waals surface area (Å²) in [6, 6.07) is 8.53. The topological polar surface area (TPSA) is 36.4 Å². The molecule has 0 N–H and O–H groups in total. The SMILES string of the molecule is Cc1nc(CN2CCC3(CC2)CN(C(=O)C(C)C)c2ccccc23)cs1. The molecule has 0 aliphatic carbocycles. The lowest BCUT2D eigenvalue weighted by molar-refractivity contribution is -0.121. The minimum Gasteiger partial charge on any atom is -0.311 e. The summed E-state index contributed by atoms with van der Waals surface area (Å²) in [5.41, 5.74) is 3.81. The maximum atomic E-state index is 12.8. The molecular weight excluding hydrogens is 342 g/mol. The third-order valence-electron chi connectivity index (χ3n) is 5.85. The zero-order valence-electron chi connectivity index (χ0n) is 15.9. The summed E-state index contributed by atoms with van der Waals surface area (Å²) in [5, 5.41) is 3.31. The molecule has 1 fully saturated rings. The number of rotatable bonds is 3. The van der Waals surface area contributed by atoms with Crippen LogP contribution in [0, 0.1) is 12.8 Å². The van der Waals surface area contributed by atoms with Crippen LogP contribution in [0.4, 0.5) is 5.69 Å². The van der Waals surface area contributed by atoms with E-state index >= 15 is 0 Å². The molecule has 0 bridgehead atoms. The number of hydrogen-bond donors (Lipinski definition) is 0. The Labute approximate surface area is 159 Å². The van der Waals surface area contributed by atoms with Gasteiger partial charge < -0.3 is 4.90 Å². The third kappa shape index (κ3) is 3.08. The fourth-order valence-electron chi connectivity index (χ4n) is 4.42. The lowest BCUT2D eigenvalue weighted by Gasteiger charge is -2.39. The minimum atomic E-state index is 0.0335. The van der Waals surface area contributed by atoms with Gasteiger partial charge in [0, 0.05) is 35.5 Å². The van der Waals surface area contributed by atoms with Crippen LogP contribution in [0.1, 0.15) is 43.0 Å². The first-order chi connectivity index (χ1) is 12.5. The molecule has 4 rings (SSSR count). The molecule has 0 unspecified atom stereocenters. The van der Waals surface area contributed by atoms with Crippen molar-refractivity contribution in [1.29, 1.82) is 0 Å². The Morgan fingerprint density at radius 1 is 1.27 bits per heavy atom. The number of aryl methyl sites for hydroxylation is 1. The van der Waals surface area contributed by atoms with E-state index in [1.54, 1.807) is 11.3 Å². The highest BCUT2D eigenvalue weighted by Crippen LogP contribution is 2.47. The van der Waals surface area contributed by atoms with Crippen molar-refractivity contribution in [3.63, 3.8) is 0 Å². The van der Waals surface area contributed by atoms with Crippen molar-refractivity contribution in [3.8, 4) is 0 Å². The van der Waals surface area contributed by atoms with E-state index in [0.717, 1.165) is 49.7 Å². The zero-order chi connectivity index (χ0) is 18.3. The molecule has 2 aromatic rings. The highest BCUT2D eigenvalue weighted by Gasteiger charge is 2.46. The van der Waals surface area contributed by atoms with Crippen LogP contribution >= 0.6 is 11.3 Å². The molecule has 1 saturated heterocycles. The highest BCUT2D eigenvalue weighted by atomic mass is 32.1. The van der Waals surface area contributed by atoms with E-state index in [9.17, 15) is 4.79 Å². The van der Waals surface area contributed by atoms with Gasteiger partial charge in [0.05, 0.1) is 10.7 Å². The monoisotopic (exact) mass is 369 g/mol. The first-order valence-corrected chi connectivity index (χ1v) is 10.4. The number of carbonyl (C=O) groups excluding carboxylic acids is 1. The number of likely N-dealkylation sites (tertiary alicyclic amines) is 1. The number of anilines is 1. The van der Waals surface area contributed by atoms with Crippen molar-refractivity contribution in [2.24, 2.45) is 5.92 Å². The number of fused-ring (bicyclic) bond motifs is 2. The van der Waals surface area contributed by atoms with Crippen LogP contribution in [-0.2, 0) is 16.8 Å². The molecule has 0 radical (unpaired) electrons. The maximum absolute atomic E-state index is 12.8. The van der Waals surface area contributed by atoms with Gasteiger partial charge >= 0.3 is 0 Å². The molecule has 1 spiro atoms.